The molecule has 0 spiro atoms. The fourth-order valence-corrected chi connectivity index (χ4v) is 1.92. The van der Waals surface area contributed by atoms with E-state index in [1.54, 1.807) is 14.2 Å². The Morgan fingerprint density at radius 1 is 1.38 bits per heavy atom. The van der Waals surface area contributed by atoms with Crippen LogP contribution in [0, 0.1) is 0 Å². The molecule has 0 aromatic heterocycles. The number of ether oxygens (including phenoxy) is 3. The van der Waals surface area contributed by atoms with E-state index in [2.05, 4.69) is 22.5 Å². The monoisotopic (exact) mass is 286 g/mol. The number of hydrogen-bond acceptors (Lipinski definition) is 3. The van der Waals surface area contributed by atoms with Gasteiger partial charge in [0.1, 0.15) is 0 Å². The van der Waals surface area contributed by atoms with Crippen LogP contribution in [0.5, 0.6) is 11.5 Å². The summed E-state index contributed by atoms with van der Waals surface area (Å²) in [5, 5.41) is 0. The van der Waals surface area contributed by atoms with Crippen LogP contribution in [-0.4, -0.2) is 21.0 Å². The van der Waals surface area contributed by atoms with Gasteiger partial charge in [0.15, 0.2) is 18.3 Å². The van der Waals surface area contributed by atoms with Gasteiger partial charge in [0, 0.05) is 7.11 Å². The third kappa shape index (κ3) is 3.25. The van der Waals surface area contributed by atoms with Crippen LogP contribution in [0.25, 0.3) is 0 Å². The summed E-state index contributed by atoms with van der Waals surface area (Å²) in [6, 6.07) is 3.91. The van der Waals surface area contributed by atoms with E-state index >= 15 is 0 Å². The molecule has 3 nitrogen and oxygen atoms in total. The molecular formula is C12H15BrO3. The van der Waals surface area contributed by atoms with Crippen molar-refractivity contribution in [1.29, 1.82) is 0 Å². The number of rotatable bonds is 6. The molecule has 0 unspecified atom stereocenters. The molecule has 0 saturated carbocycles. The molecule has 0 atom stereocenters. The van der Waals surface area contributed by atoms with Gasteiger partial charge in [0.25, 0.3) is 0 Å². The maximum absolute atomic E-state index is 5.42. The summed E-state index contributed by atoms with van der Waals surface area (Å²) < 4.78 is 16.4. The molecule has 0 radical (unpaired) electrons. The first-order valence-corrected chi connectivity index (χ1v) is 5.61. The van der Waals surface area contributed by atoms with Gasteiger partial charge in [0.05, 0.1) is 11.6 Å². The highest BCUT2D eigenvalue weighted by atomic mass is 79.9. The lowest BCUT2D eigenvalue weighted by atomic mass is 10.1. The van der Waals surface area contributed by atoms with Gasteiger partial charge in [0.2, 0.25) is 0 Å². The molecule has 0 fully saturated rings. The predicted molar refractivity (Wildman–Crippen MR) is 67.1 cm³/mol. The zero-order valence-corrected chi connectivity index (χ0v) is 11.0. The van der Waals surface area contributed by atoms with Gasteiger partial charge < -0.3 is 14.2 Å². The van der Waals surface area contributed by atoms with Crippen LogP contribution in [-0.2, 0) is 11.2 Å². The summed E-state index contributed by atoms with van der Waals surface area (Å²) in [7, 11) is 3.19. The molecule has 0 aliphatic heterocycles. The number of halogens is 1. The molecule has 16 heavy (non-hydrogen) atoms. The summed E-state index contributed by atoms with van der Waals surface area (Å²) >= 11 is 3.44. The molecule has 0 N–H and O–H groups in total. The Morgan fingerprint density at radius 2 is 2.12 bits per heavy atom. The molecule has 1 aromatic rings. The molecule has 1 rings (SSSR count). The Balaban J connectivity index is 3.02. The lowest BCUT2D eigenvalue weighted by molar-refractivity contribution is 0.0486. The van der Waals surface area contributed by atoms with Gasteiger partial charge in [-0.2, -0.15) is 0 Å². The van der Waals surface area contributed by atoms with Gasteiger partial charge in [-0.1, -0.05) is 6.08 Å². The number of benzene rings is 1. The van der Waals surface area contributed by atoms with Crippen molar-refractivity contribution >= 4 is 15.9 Å². The zero-order chi connectivity index (χ0) is 12.0. The summed E-state index contributed by atoms with van der Waals surface area (Å²) in [5.74, 6) is 1.33. The predicted octanol–water partition coefficient (Wildman–Crippen LogP) is 3.17. The number of methoxy groups -OCH3 is 2. The highest BCUT2D eigenvalue weighted by Gasteiger charge is 2.10. The molecule has 0 saturated heterocycles. The molecule has 1 aromatic carbocycles. The minimum atomic E-state index is 0.190. The second-order valence-corrected chi connectivity index (χ2v) is 4.01. The van der Waals surface area contributed by atoms with E-state index in [0.29, 0.717) is 11.5 Å². The van der Waals surface area contributed by atoms with Crippen molar-refractivity contribution in [2.24, 2.45) is 0 Å². The highest BCUT2D eigenvalue weighted by Crippen LogP contribution is 2.36. The summed E-state index contributed by atoms with van der Waals surface area (Å²) in [5.41, 5.74) is 1.11. The van der Waals surface area contributed by atoms with E-state index in [9.17, 15) is 0 Å². The van der Waals surface area contributed by atoms with E-state index < -0.39 is 0 Å². The highest BCUT2D eigenvalue weighted by molar-refractivity contribution is 9.10. The molecule has 0 heterocycles. The van der Waals surface area contributed by atoms with E-state index in [4.69, 9.17) is 14.2 Å². The smallest absolute Gasteiger partial charge is 0.188 e. The van der Waals surface area contributed by atoms with E-state index in [-0.39, 0.29) is 6.79 Å². The van der Waals surface area contributed by atoms with Crippen LogP contribution in [0.2, 0.25) is 0 Å². The fraction of sp³-hybridized carbons (Fsp3) is 0.333. The van der Waals surface area contributed by atoms with Crippen molar-refractivity contribution in [3.05, 3.63) is 34.8 Å². The zero-order valence-electron chi connectivity index (χ0n) is 9.46. The van der Waals surface area contributed by atoms with Crippen molar-refractivity contribution in [3.8, 4) is 11.5 Å². The lowest BCUT2D eigenvalue weighted by Gasteiger charge is -2.13. The summed E-state index contributed by atoms with van der Waals surface area (Å²) in [4.78, 5) is 0. The van der Waals surface area contributed by atoms with Crippen LogP contribution >= 0.6 is 15.9 Å². The third-order valence-electron chi connectivity index (χ3n) is 1.99. The van der Waals surface area contributed by atoms with Gasteiger partial charge >= 0.3 is 0 Å². The first-order chi connectivity index (χ1) is 7.72. The third-order valence-corrected chi connectivity index (χ3v) is 2.58. The van der Waals surface area contributed by atoms with Crippen LogP contribution in [0.3, 0.4) is 0 Å². The van der Waals surface area contributed by atoms with Crippen LogP contribution in [0.4, 0.5) is 0 Å². The van der Waals surface area contributed by atoms with E-state index in [1.165, 1.54) is 0 Å². The molecule has 0 aliphatic carbocycles. The lowest BCUT2D eigenvalue weighted by Crippen LogP contribution is -2.02. The molecule has 0 amide bonds. The Kier molecular flexibility index (Phi) is 5.35. The average molecular weight is 287 g/mol. The van der Waals surface area contributed by atoms with Gasteiger partial charge in [-0.25, -0.2) is 0 Å². The maximum Gasteiger partial charge on any atom is 0.188 e. The Labute approximate surface area is 104 Å². The Bertz CT molecular complexity index is 364. The largest absolute Gasteiger partial charge is 0.493 e. The van der Waals surface area contributed by atoms with E-state index in [1.807, 2.05) is 18.2 Å². The van der Waals surface area contributed by atoms with Crippen LogP contribution in [0.1, 0.15) is 5.56 Å². The number of allylic oxidation sites excluding steroid dienone is 1. The molecule has 0 aliphatic rings. The van der Waals surface area contributed by atoms with Crippen LogP contribution < -0.4 is 9.47 Å². The van der Waals surface area contributed by atoms with Crippen molar-refractivity contribution in [2.75, 3.05) is 21.0 Å². The molecule has 88 valence electrons. The quantitative estimate of drug-likeness (QED) is 0.594. The minimum Gasteiger partial charge on any atom is -0.493 e. The summed E-state index contributed by atoms with van der Waals surface area (Å²) in [6.07, 6.45) is 2.64. The minimum absolute atomic E-state index is 0.190. The van der Waals surface area contributed by atoms with Gasteiger partial charge in [-0.05, 0) is 40.0 Å². The van der Waals surface area contributed by atoms with E-state index in [0.717, 1.165) is 16.5 Å². The van der Waals surface area contributed by atoms with Gasteiger partial charge in [-0.3, -0.25) is 0 Å². The Hall–Kier alpha value is -1.00. The molecule has 0 bridgehead atoms. The SMILES string of the molecule is C=CCc1cc(Br)c(OCOC)c(OC)c1. The second-order valence-electron chi connectivity index (χ2n) is 3.15. The fourth-order valence-electron chi connectivity index (χ4n) is 1.32. The standard InChI is InChI=1S/C12H15BrO3/c1-4-5-9-6-10(13)12(16-8-14-2)11(7-9)15-3/h4,6-7H,1,5,8H2,2-3H3. The van der Waals surface area contributed by atoms with Crippen molar-refractivity contribution in [1.82, 2.24) is 0 Å². The topological polar surface area (TPSA) is 27.7 Å². The second kappa shape index (κ2) is 6.55. The van der Waals surface area contributed by atoms with Gasteiger partial charge in [-0.15, -0.1) is 6.58 Å². The average Bonchev–Trinajstić information content (AvgIpc) is 2.27. The maximum atomic E-state index is 5.42. The van der Waals surface area contributed by atoms with Crippen molar-refractivity contribution in [3.63, 3.8) is 0 Å². The Morgan fingerprint density at radius 3 is 2.69 bits per heavy atom. The molecule has 4 heteroatoms. The normalized spacial score (nSPS) is 9.94. The van der Waals surface area contributed by atoms with Crippen molar-refractivity contribution < 1.29 is 14.2 Å². The molecular weight excluding hydrogens is 272 g/mol. The first-order valence-electron chi connectivity index (χ1n) is 4.82. The van der Waals surface area contributed by atoms with Crippen molar-refractivity contribution in [2.45, 2.75) is 6.42 Å². The van der Waals surface area contributed by atoms with Crippen LogP contribution in [0.15, 0.2) is 29.3 Å². The summed E-state index contributed by atoms with van der Waals surface area (Å²) in [6.45, 7) is 3.90. The first kappa shape index (κ1) is 13.1. The number of hydrogen-bond donors (Lipinski definition) is 0.